The molecule has 11 heteroatoms. The van der Waals surface area contributed by atoms with Crippen LogP contribution in [-0.2, 0) is 26.7 Å². The summed E-state index contributed by atoms with van der Waals surface area (Å²) in [7, 11) is -2.20. The summed E-state index contributed by atoms with van der Waals surface area (Å²) in [5.41, 5.74) is 4.43. The van der Waals surface area contributed by atoms with Crippen LogP contribution in [0.4, 0.5) is 8.78 Å². The van der Waals surface area contributed by atoms with Crippen molar-refractivity contribution in [3.8, 4) is 11.1 Å². The van der Waals surface area contributed by atoms with Crippen molar-refractivity contribution in [2.24, 2.45) is 10.7 Å². The predicted molar refractivity (Wildman–Crippen MR) is 118 cm³/mol. The van der Waals surface area contributed by atoms with Crippen LogP contribution in [-0.4, -0.2) is 48.0 Å². The van der Waals surface area contributed by atoms with Crippen molar-refractivity contribution in [1.29, 1.82) is 0 Å². The molecule has 0 saturated carbocycles. The number of nitrogens with zero attached hydrogens (tertiary/aromatic N) is 4. The molecular formula is C22H21F2N5O3S. The molecule has 0 spiro atoms. The maximum absolute atomic E-state index is 14.7. The first-order valence-electron chi connectivity index (χ1n) is 9.95. The summed E-state index contributed by atoms with van der Waals surface area (Å²) >= 11 is 0. The molecule has 0 bridgehead atoms. The van der Waals surface area contributed by atoms with Crippen LogP contribution < -0.4 is 5.73 Å². The lowest BCUT2D eigenvalue weighted by atomic mass is 9.83. The van der Waals surface area contributed by atoms with Crippen molar-refractivity contribution in [3.05, 3.63) is 71.7 Å². The van der Waals surface area contributed by atoms with E-state index in [0.717, 1.165) is 17.2 Å². The quantitative estimate of drug-likeness (QED) is 0.572. The number of aliphatic imine (C=N–C) groups is 1. The molecule has 1 aliphatic heterocycles. The molecule has 1 unspecified atom stereocenters. The van der Waals surface area contributed by atoms with E-state index in [4.69, 9.17) is 5.73 Å². The molecule has 8 nitrogen and oxygen atoms in total. The van der Waals surface area contributed by atoms with Crippen molar-refractivity contribution in [2.75, 3.05) is 13.3 Å². The molecule has 4 rings (SSSR count). The van der Waals surface area contributed by atoms with E-state index >= 15 is 0 Å². The zero-order valence-electron chi connectivity index (χ0n) is 18.1. The average molecular weight is 474 g/mol. The highest BCUT2D eigenvalue weighted by atomic mass is 32.2. The monoisotopic (exact) mass is 473 g/mol. The van der Waals surface area contributed by atoms with Gasteiger partial charge in [0.1, 0.15) is 10.8 Å². The van der Waals surface area contributed by atoms with Gasteiger partial charge < -0.3 is 10.3 Å². The largest absolute Gasteiger partial charge is 0.369 e. The van der Waals surface area contributed by atoms with E-state index < -0.39 is 33.0 Å². The number of benzene rings is 1. The van der Waals surface area contributed by atoms with Crippen molar-refractivity contribution in [3.63, 3.8) is 0 Å². The van der Waals surface area contributed by atoms with E-state index in [0.29, 0.717) is 6.54 Å². The first-order valence-corrected chi connectivity index (χ1v) is 11.8. The van der Waals surface area contributed by atoms with E-state index in [9.17, 15) is 22.0 Å². The number of nitrogens with two attached hydrogens (primary N) is 1. The highest BCUT2D eigenvalue weighted by Gasteiger charge is 2.50. The Labute approximate surface area is 189 Å². The molecule has 1 amide bonds. The van der Waals surface area contributed by atoms with E-state index in [1.807, 2.05) is 0 Å². The molecule has 33 heavy (non-hydrogen) atoms. The smallest absolute Gasteiger partial charge is 0.266 e. The van der Waals surface area contributed by atoms with E-state index in [1.165, 1.54) is 54.3 Å². The fraction of sp³-hybridized carbons (Fsp3) is 0.227. The minimum atomic E-state index is -3.63. The first kappa shape index (κ1) is 22.6. The number of aromatic nitrogens is 2. The summed E-state index contributed by atoms with van der Waals surface area (Å²) in [6, 6.07) is 7.96. The second-order valence-corrected chi connectivity index (χ2v) is 9.67. The van der Waals surface area contributed by atoms with Gasteiger partial charge in [0.15, 0.2) is 21.3 Å². The molecule has 1 aliphatic rings. The Hall–Kier alpha value is -3.60. The molecule has 3 heterocycles. The second kappa shape index (κ2) is 7.77. The predicted octanol–water partition coefficient (Wildman–Crippen LogP) is 2.28. The Morgan fingerprint density at radius 2 is 1.85 bits per heavy atom. The number of rotatable bonds is 5. The summed E-state index contributed by atoms with van der Waals surface area (Å²) in [6.45, 7) is 2.07. The Balaban J connectivity index is 2.03. The molecular weight excluding hydrogens is 452 g/mol. The van der Waals surface area contributed by atoms with Gasteiger partial charge in [0.2, 0.25) is 5.95 Å². The number of hydrogen-bond acceptors (Lipinski definition) is 6. The van der Waals surface area contributed by atoms with Gasteiger partial charge in [-0.25, -0.2) is 22.8 Å². The lowest BCUT2D eigenvalue weighted by Crippen LogP contribution is -2.41. The molecule has 0 saturated heterocycles. The Kier molecular flexibility index (Phi) is 5.32. The number of sulfone groups is 1. The minimum absolute atomic E-state index is 0.00358. The Morgan fingerprint density at radius 3 is 2.39 bits per heavy atom. The van der Waals surface area contributed by atoms with E-state index in [-0.39, 0.29) is 33.2 Å². The zero-order valence-corrected chi connectivity index (χ0v) is 18.9. The summed E-state index contributed by atoms with van der Waals surface area (Å²) in [5.74, 6) is -2.25. The van der Waals surface area contributed by atoms with Gasteiger partial charge in [-0.1, -0.05) is 6.07 Å². The first-order chi connectivity index (χ1) is 15.5. The third kappa shape index (κ3) is 3.48. The van der Waals surface area contributed by atoms with Crippen molar-refractivity contribution < 1.29 is 22.0 Å². The lowest BCUT2D eigenvalue weighted by Gasteiger charge is -2.25. The number of pyridine rings is 1. The van der Waals surface area contributed by atoms with Gasteiger partial charge in [-0.2, -0.15) is 4.39 Å². The molecule has 2 aromatic heterocycles. The number of amides is 1. The average Bonchev–Trinajstić information content (AvgIpc) is 3.31. The van der Waals surface area contributed by atoms with Crippen LogP contribution in [0.2, 0.25) is 0 Å². The maximum atomic E-state index is 14.7. The molecule has 0 aliphatic carbocycles. The van der Waals surface area contributed by atoms with Crippen LogP contribution in [0.3, 0.4) is 0 Å². The summed E-state index contributed by atoms with van der Waals surface area (Å²) in [5, 5.41) is -0.00358. The Bertz CT molecular complexity index is 1420. The topological polar surface area (TPSA) is 111 Å². The molecule has 1 aromatic carbocycles. The van der Waals surface area contributed by atoms with Gasteiger partial charge in [0.05, 0.1) is 0 Å². The van der Waals surface area contributed by atoms with Crippen LogP contribution in [0.1, 0.15) is 18.1 Å². The Morgan fingerprint density at radius 1 is 1.12 bits per heavy atom. The molecule has 0 fully saturated rings. The van der Waals surface area contributed by atoms with Gasteiger partial charge in [-0.3, -0.25) is 9.69 Å². The second-order valence-electron chi connectivity index (χ2n) is 7.71. The number of aryl methyl sites for hydroxylation is 1. The SMILES string of the molecule is CCn1cc(C2(c3ccc(F)c(-c4cccnc4F)c3)N=C(N)N(C)C2=O)cc1S(C)(=O)=O. The molecule has 0 radical (unpaired) electrons. The van der Waals surface area contributed by atoms with Crippen LogP contribution >= 0.6 is 0 Å². The number of guanidine groups is 1. The van der Waals surface area contributed by atoms with Crippen LogP contribution in [0, 0.1) is 11.8 Å². The summed E-state index contributed by atoms with van der Waals surface area (Å²) in [4.78, 5) is 22.6. The third-order valence-corrected chi connectivity index (χ3v) is 6.78. The lowest BCUT2D eigenvalue weighted by molar-refractivity contribution is -0.129. The van der Waals surface area contributed by atoms with Gasteiger partial charge in [0, 0.05) is 48.9 Å². The zero-order chi connectivity index (χ0) is 24.1. The van der Waals surface area contributed by atoms with Crippen molar-refractivity contribution in [1.82, 2.24) is 14.5 Å². The number of hydrogen-bond donors (Lipinski definition) is 1. The number of halogens is 2. The molecule has 2 N–H and O–H groups in total. The standard InChI is InChI=1S/C22H21F2N5O3S/c1-4-29-12-14(11-18(29)33(3,31)32)22(20(30)28(2)21(25)27-22)13-7-8-17(23)16(10-13)15-6-5-9-26-19(15)24/h5-12H,4H2,1-3H3,(H2,25,27). The van der Waals surface area contributed by atoms with E-state index in [2.05, 4.69) is 9.98 Å². The molecule has 1 atom stereocenters. The van der Waals surface area contributed by atoms with Crippen LogP contribution in [0.15, 0.2) is 58.8 Å². The van der Waals surface area contributed by atoms with Gasteiger partial charge in [-0.15, -0.1) is 0 Å². The van der Waals surface area contributed by atoms with Gasteiger partial charge >= 0.3 is 0 Å². The van der Waals surface area contributed by atoms with E-state index in [1.54, 1.807) is 6.92 Å². The minimum Gasteiger partial charge on any atom is -0.369 e. The van der Waals surface area contributed by atoms with Gasteiger partial charge in [0.25, 0.3) is 5.91 Å². The highest BCUT2D eigenvalue weighted by Crippen LogP contribution is 2.42. The van der Waals surface area contributed by atoms with Gasteiger partial charge in [-0.05, 0) is 42.8 Å². The van der Waals surface area contributed by atoms with Crippen molar-refractivity contribution >= 4 is 21.7 Å². The third-order valence-electron chi connectivity index (χ3n) is 5.67. The summed E-state index contributed by atoms with van der Waals surface area (Å²) in [6.07, 6.45) is 3.81. The maximum Gasteiger partial charge on any atom is 0.266 e. The van der Waals surface area contributed by atoms with Crippen LogP contribution in [0.25, 0.3) is 11.1 Å². The number of likely N-dealkylation sites (N-methyl/N-ethyl adjacent to an activating group) is 1. The fourth-order valence-electron chi connectivity index (χ4n) is 3.98. The van der Waals surface area contributed by atoms with Crippen molar-refractivity contribution in [2.45, 2.75) is 24.0 Å². The normalized spacial score (nSPS) is 18.6. The highest BCUT2D eigenvalue weighted by molar-refractivity contribution is 7.90. The van der Waals surface area contributed by atoms with Crippen LogP contribution in [0.5, 0.6) is 0 Å². The number of carbonyl (C=O) groups excluding carboxylic acids is 1. The molecule has 172 valence electrons. The summed E-state index contributed by atoms with van der Waals surface area (Å²) < 4.78 is 55.2. The molecule has 3 aromatic rings. The number of carbonyl (C=O) groups is 1. The fourth-order valence-corrected chi connectivity index (χ4v) is 4.93.